The van der Waals surface area contributed by atoms with E-state index >= 15 is 0 Å². The SMILES string of the molecule is CC(C)c1nnc(NC(=O)c2ccc(Sc3nncn3C)c([N+](=O)[O-])c2)s1. The Bertz CT molecular complexity index is 999. The third kappa shape index (κ3) is 4.28. The average molecular weight is 405 g/mol. The Labute approximate surface area is 162 Å². The molecule has 0 saturated heterocycles. The van der Waals surface area contributed by atoms with E-state index in [1.807, 2.05) is 13.8 Å². The van der Waals surface area contributed by atoms with Crippen LogP contribution < -0.4 is 5.32 Å². The number of aromatic nitrogens is 5. The molecule has 0 radical (unpaired) electrons. The minimum Gasteiger partial charge on any atom is -0.311 e. The zero-order valence-corrected chi connectivity index (χ0v) is 16.2. The van der Waals surface area contributed by atoms with Crippen molar-refractivity contribution in [2.24, 2.45) is 7.05 Å². The molecule has 0 saturated carbocycles. The fraction of sp³-hybridized carbons (Fsp3) is 0.267. The van der Waals surface area contributed by atoms with Gasteiger partial charge in [-0.2, -0.15) is 0 Å². The van der Waals surface area contributed by atoms with Gasteiger partial charge in [0, 0.05) is 24.6 Å². The van der Waals surface area contributed by atoms with E-state index in [2.05, 4.69) is 25.7 Å². The molecule has 1 aromatic carbocycles. The van der Waals surface area contributed by atoms with Crippen molar-refractivity contribution in [2.75, 3.05) is 5.32 Å². The number of nitro benzene ring substituents is 1. The molecule has 1 amide bonds. The van der Waals surface area contributed by atoms with E-state index in [-0.39, 0.29) is 17.2 Å². The number of rotatable bonds is 6. The molecule has 0 bridgehead atoms. The van der Waals surface area contributed by atoms with E-state index < -0.39 is 10.8 Å². The Hall–Kier alpha value is -2.86. The fourth-order valence-corrected chi connectivity index (χ4v) is 3.63. The van der Waals surface area contributed by atoms with E-state index in [4.69, 9.17) is 0 Å². The van der Waals surface area contributed by atoms with Gasteiger partial charge in [-0.1, -0.05) is 25.2 Å². The van der Waals surface area contributed by atoms with Crippen LogP contribution in [0.3, 0.4) is 0 Å². The molecule has 12 heteroatoms. The van der Waals surface area contributed by atoms with Crippen LogP contribution >= 0.6 is 23.1 Å². The molecule has 2 aromatic heterocycles. The van der Waals surface area contributed by atoms with Crippen LogP contribution in [-0.4, -0.2) is 35.8 Å². The maximum atomic E-state index is 12.4. The van der Waals surface area contributed by atoms with Gasteiger partial charge in [0.05, 0.1) is 9.82 Å². The lowest BCUT2D eigenvalue weighted by molar-refractivity contribution is -0.387. The summed E-state index contributed by atoms with van der Waals surface area (Å²) in [4.78, 5) is 23.7. The summed E-state index contributed by atoms with van der Waals surface area (Å²) in [5.74, 6) is -0.286. The number of amides is 1. The van der Waals surface area contributed by atoms with Crippen molar-refractivity contribution in [3.63, 3.8) is 0 Å². The monoisotopic (exact) mass is 405 g/mol. The van der Waals surface area contributed by atoms with Gasteiger partial charge in [0.15, 0.2) is 5.16 Å². The highest BCUT2D eigenvalue weighted by atomic mass is 32.2. The quantitative estimate of drug-likeness (QED) is 0.489. The van der Waals surface area contributed by atoms with Gasteiger partial charge in [0.1, 0.15) is 11.3 Å². The summed E-state index contributed by atoms with van der Waals surface area (Å²) in [6, 6.07) is 4.27. The first-order valence-corrected chi connectivity index (χ1v) is 9.43. The molecule has 0 aliphatic rings. The first-order chi connectivity index (χ1) is 12.8. The molecular formula is C15H15N7O3S2. The van der Waals surface area contributed by atoms with Gasteiger partial charge in [-0.15, -0.1) is 20.4 Å². The molecule has 10 nitrogen and oxygen atoms in total. The normalized spacial score (nSPS) is 11.0. The van der Waals surface area contributed by atoms with Crippen LogP contribution in [0.2, 0.25) is 0 Å². The second-order valence-corrected chi connectivity index (χ2v) is 7.84. The Morgan fingerprint density at radius 1 is 1.33 bits per heavy atom. The third-order valence-corrected chi connectivity index (χ3v) is 5.70. The molecule has 0 aliphatic heterocycles. The zero-order valence-electron chi connectivity index (χ0n) is 14.6. The summed E-state index contributed by atoms with van der Waals surface area (Å²) in [7, 11) is 1.74. The minimum absolute atomic E-state index is 0.158. The molecule has 0 spiro atoms. The summed E-state index contributed by atoms with van der Waals surface area (Å²) in [5.41, 5.74) is -0.0268. The lowest BCUT2D eigenvalue weighted by Gasteiger charge is -2.05. The fourth-order valence-electron chi connectivity index (χ4n) is 2.04. The number of nitrogens with one attached hydrogen (secondary N) is 1. The number of anilines is 1. The van der Waals surface area contributed by atoms with Crippen LogP contribution in [0.25, 0.3) is 0 Å². The second kappa shape index (κ2) is 7.80. The van der Waals surface area contributed by atoms with Gasteiger partial charge >= 0.3 is 0 Å². The average Bonchev–Trinajstić information content (AvgIpc) is 3.24. The van der Waals surface area contributed by atoms with Gasteiger partial charge < -0.3 is 4.57 Å². The maximum absolute atomic E-state index is 12.4. The summed E-state index contributed by atoms with van der Waals surface area (Å²) in [6.07, 6.45) is 1.50. The molecule has 0 atom stereocenters. The standard InChI is InChI=1S/C15H15N7O3S2/c1-8(2)13-18-19-14(27-13)17-12(23)9-4-5-11(10(6-9)22(24)25)26-15-20-16-7-21(15)3/h4-8H,1-3H3,(H,17,19,23). The highest BCUT2D eigenvalue weighted by molar-refractivity contribution is 7.99. The highest BCUT2D eigenvalue weighted by Crippen LogP contribution is 2.34. The number of carbonyl (C=O) groups excluding carboxylic acids is 1. The molecule has 140 valence electrons. The molecule has 0 fully saturated rings. The van der Waals surface area contributed by atoms with Gasteiger partial charge in [-0.3, -0.25) is 20.2 Å². The summed E-state index contributed by atoms with van der Waals surface area (Å²) >= 11 is 2.37. The molecule has 1 N–H and O–H groups in total. The lowest BCUT2D eigenvalue weighted by atomic mass is 10.2. The van der Waals surface area contributed by atoms with Crippen LogP contribution in [-0.2, 0) is 7.05 Å². The lowest BCUT2D eigenvalue weighted by Crippen LogP contribution is -2.12. The van der Waals surface area contributed by atoms with E-state index in [0.29, 0.717) is 15.2 Å². The first kappa shape index (κ1) is 18.9. The smallest absolute Gasteiger partial charge is 0.284 e. The number of hydrogen-bond acceptors (Lipinski definition) is 9. The van der Waals surface area contributed by atoms with Crippen LogP contribution in [0.5, 0.6) is 0 Å². The van der Waals surface area contributed by atoms with Crippen LogP contribution in [0, 0.1) is 10.1 Å². The Balaban J connectivity index is 1.83. The van der Waals surface area contributed by atoms with Crippen LogP contribution in [0.1, 0.15) is 35.1 Å². The third-order valence-electron chi connectivity index (χ3n) is 3.44. The van der Waals surface area contributed by atoms with Crippen molar-refractivity contribution >= 4 is 39.8 Å². The van der Waals surface area contributed by atoms with Crippen molar-refractivity contribution in [3.05, 3.63) is 45.2 Å². The second-order valence-electron chi connectivity index (χ2n) is 5.82. The van der Waals surface area contributed by atoms with Crippen molar-refractivity contribution in [1.29, 1.82) is 0 Å². The zero-order chi connectivity index (χ0) is 19.6. The largest absolute Gasteiger partial charge is 0.311 e. The van der Waals surface area contributed by atoms with Crippen LogP contribution in [0.15, 0.2) is 34.6 Å². The Morgan fingerprint density at radius 3 is 2.70 bits per heavy atom. The minimum atomic E-state index is -0.530. The molecule has 0 unspecified atom stereocenters. The molecule has 2 heterocycles. The molecule has 27 heavy (non-hydrogen) atoms. The van der Waals surface area contributed by atoms with Crippen molar-refractivity contribution in [1.82, 2.24) is 25.0 Å². The van der Waals surface area contributed by atoms with E-state index in [1.165, 1.54) is 35.9 Å². The summed E-state index contributed by atoms with van der Waals surface area (Å²) in [5, 5.41) is 31.3. The number of nitro groups is 1. The number of nitrogens with zero attached hydrogens (tertiary/aromatic N) is 6. The summed E-state index contributed by atoms with van der Waals surface area (Å²) in [6.45, 7) is 3.95. The topological polar surface area (TPSA) is 129 Å². The number of hydrogen-bond donors (Lipinski definition) is 1. The van der Waals surface area contributed by atoms with Crippen molar-refractivity contribution in [2.45, 2.75) is 29.8 Å². The van der Waals surface area contributed by atoms with Crippen molar-refractivity contribution in [3.8, 4) is 0 Å². The van der Waals surface area contributed by atoms with Gasteiger partial charge in [-0.05, 0) is 23.9 Å². The molecular weight excluding hydrogens is 390 g/mol. The van der Waals surface area contributed by atoms with E-state index in [0.717, 1.165) is 16.8 Å². The number of aryl methyl sites for hydroxylation is 1. The molecule has 3 aromatic rings. The van der Waals surface area contributed by atoms with Crippen molar-refractivity contribution < 1.29 is 9.72 Å². The van der Waals surface area contributed by atoms with E-state index in [9.17, 15) is 14.9 Å². The van der Waals surface area contributed by atoms with Gasteiger partial charge in [0.2, 0.25) is 5.13 Å². The van der Waals surface area contributed by atoms with Gasteiger partial charge in [0.25, 0.3) is 11.6 Å². The summed E-state index contributed by atoms with van der Waals surface area (Å²) < 4.78 is 1.65. The predicted molar refractivity (Wildman–Crippen MR) is 100 cm³/mol. The first-order valence-electron chi connectivity index (χ1n) is 7.80. The maximum Gasteiger partial charge on any atom is 0.284 e. The highest BCUT2D eigenvalue weighted by Gasteiger charge is 2.21. The number of carbonyl (C=O) groups is 1. The van der Waals surface area contributed by atoms with E-state index in [1.54, 1.807) is 11.6 Å². The molecule has 3 rings (SSSR count). The van der Waals surface area contributed by atoms with Gasteiger partial charge in [-0.25, -0.2) is 0 Å². The Morgan fingerprint density at radius 2 is 2.11 bits per heavy atom. The Kier molecular flexibility index (Phi) is 5.46. The van der Waals surface area contributed by atoms with Crippen LogP contribution in [0.4, 0.5) is 10.8 Å². The predicted octanol–water partition coefficient (Wildman–Crippen LogP) is 3.10. The number of benzene rings is 1. The molecule has 0 aliphatic carbocycles.